The van der Waals surface area contributed by atoms with E-state index in [9.17, 15) is 36.6 Å². The quantitative estimate of drug-likeness (QED) is 0.219. The lowest BCUT2D eigenvalue weighted by atomic mass is 10.0. The number of nitrogens with two attached hydrogens (primary N) is 1. The molecular weight excluding hydrogens is 607 g/mol. The van der Waals surface area contributed by atoms with Gasteiger partial charge in [-0.15, -0.1) is 11.3 Å². The highest BCUT2D eigenvalue weighted by Crippen LogP contribution is 2.43. The molecule has 10 nitrogen and oxygen atoms in total. The molecule has 3 aromatic heterocycles. The number of piperidine rings is 1. The smallest absolute Gasteiger partial charge is 0.417 e. The summed E-state index contributed by atoms with van der Waals surface area (Å²) in [5.74, 6) is -1.31. The molecule has 1 atom stereocenters. The third-order valence-corrected chi connectivity index (χ3v) is 9.52. The van der Waals surface area contributed by atoms with Gasteiger partial charge in [0, 0.05) is 49.1 Å². The number of anilines is 2. The number of benzene rings is 1. The van der Waals surface area contributed by atoms with E-state index in [-0.39, 0.29) is 33.0 Å². The Labute approximate surface area is 248 Å². The fourth-order valence-electron chi connectivity index (χ4n) is 5.03. The molecule has 1 aliphatic heterocycles. The number of nitrogens with zero attached hydrogens (tertiary/aromatic N) is 3. The molecule has 228 valence electrons. The number of fused-ring (bicyclic) bond motifs is 1. The Hall–Kier alpha value is -3.79. The van der Waals surface area contributed by atoms with Crippen LogP contribution < -0.4 is 16.0 Å². The number of pyridine rings is 2. The van der Waals surface area contributed by atoms with Crippen LogP contribution in [0.25, 0.3) is 21.3 Å². The van der Waals surface area contributed by atoms with E-state index < -0.39 is 44.7 Å². The Kier molecular flexibility index (Phi) is 8.35. The number of halogens is 3. The molecule has 1 saturated heterocycles. The molecule has 4 heterocycles. The number of alkyl halides is 3. The van der Waals surface area contributed by atoms with Crippen molar-refractivity contribution in [1.82, 2.24) is 15.3 Å². The number of carboxylic acid groups (broad SMARTS) is 1. The molecule has 15 heteroatoms. The van der Waals surface area contributed by atoms with Gasteiger partial charge in [0.2, 0.25) is 0 Å². The first-order chi connectivity index (χ1) is 20.2. The van der Waals surface area contributed by atoms with Crippen LogP contribution in [0.5, 0.6) is 0 Å². The van der Waals surface area contributed by atoms with Gasteiger partial charge in [-0.3, -0.25) is 4.98 Å². The summed E-state index contributed by atoms with van der Waals surface area (Å²) in [7, 11) is -3.36. The predicted molar refractivity (Wildman–Crippen MR) is 157 cm³/mol. The SMILES string of the molecule is CS(=O)(=O)c1cccc(-c2ccc(C(O)CNC3CCN(c4cc(C(F)(F)F)c5c(N)c(C(=O)O)sc5n4)CC3)nc2)c1. The molecule has 0 aliphatic carbocycles. The van der Waals surface area contributed by atoms with Crippen molar-refractivity contribution in [3.63, 3.8) is 0 Å². The van der Waals surface area contributed by atoms with Gasteiger partial charge < -0.3 is 26.2 Å². The fraction of sp³-hybridized carbons (Fsp3) is 0.321. The summed E-state index contributed by atoms with van der Waals surface area (Å²) in [6, 6.07) is 10.8. The maximum absolute atomic E-state index is 13.9. The van der Waals surface area contributed by atoms with Crippen molar-refractivity contribution in [2.24, 2.45) is 0 Å². The number of nitrogens with one attached hydrogen (secondary N) is 1. The highest BCUT2D eigenvalue weighted by molar-refractivity contribution is 7.90. The number of nitrogen functional groups attached to an aromatic ring is 1. The molecule has 5 N–H and O–H groups in total. The largest absolute Gasteiger partial charge is 0.477 e. The Morgan fingerprint density at radius 2 is 1.91 bits per heavy atom. The Morgan fingerprint density at radius 1 is 1.19 bits per heavy atom. The molecule has 4 aromatic rings. The number of carboxylic acids is 1. The minimum absolute atomic E-state index is 0.00859. The Balaban J connectivity index is 1.21. The van der Waals surface area contributed by atoms with Gasteiger partial charge in [-0.1, -0.05) is 18.2 Å². The minimum Gasteiger partial charge on any atom is -0.477 e. The molecule has 0 radical (unpaired) electrons. The Bertz CT molecular complexity index is 1770. The van der Waals surface area contributed by atoms with Crippen LogP contribution in [0.3, 0.4) is 0 Å². The molecule has 43 heavy (non-hydrogen) atoms. The van der Waals surface area contributed by atoms with Crippen LogP contribution in [-0.2, 0) is 16.0 Å². The van der Waals surface area contributed by atoms with Crippen molar-refractivity contribution in [3.8, 4) is 11.1 Å². The molecule has 0 amide bonds. The number of carbonyl (C=O) groups is 1. The third-order valence-electron chi connectivity index (χ3n) is 7.33. The molecule has 1 aromatic carbocycles. The molecular formula is C28H28F3N5O5S2. The van der Waals surface area contributed by atoms with Gasteiger partial charge in [0.05, 0.1) is 21.8 Å². The van der Waals surface area contributed by atoms with Crippen molar-refractivity contribution in [1.29, 1.82) is 0 Å². The van der Waals surface area contributed by atoms with Gasteiger partial charge in [-0.2, -0.15) is 13.2 Å². The minimum atomic E-state index is -4.75. The summed E-state index contributed by atoms with van der Waals surface area (Å²) in [5, 5.41) is 22.9. The number of hydrogen-bond acceptors (Lipinski definition) is 10. The van der Waals surface area contributed by atoms with Gasteiger partial charge in [0.25, 0.3) is 0 Å². The number of aliphatic hydroxyl groups excluding tert-OH is 1. The maximum atomic E-state index is 13.9. The molecule has 5 rings (SSSR count). The average molecular weight is 636 g/mol. The molecule has 0 bridgehead atoms. The van der Waals surface area contributed by atoms with Crippen molar-refractivity contribution in [2.75, 3.05) is 36.5 Å². The number of rotatable bonds is 8. The predicted octanol–water partition coefficient (Wildman–Crippen LogP) is 4.35. The number of sulfone groups is 1. The molecule has 1 aliphatic rings. The average Bonchev–Trinajstić information content (AvgIpc) is 3.31. The summed E-state index contributed by atoms with van der Waals surface area (Å²) in [6.07, 6.45) is -1.81. The van der Waals surface area contributed by atoms with Crippen molar-refractivity contribution >= 4 is 48.9 Å². The summed E-state index contributed by atoms with van der Waals surface area (Å²) < 4.78 is 65.4. The van der Waals surface area contributed by atoms with Gasteiger partial charge >= 0.3 is 12.1 Å². The topological polar surface area (TPSA) is 159 Å². The zero-order chi connectivity index (χ0) is 31.1. The van der Waals surface area contributed by atoms with Gasteiger partial charge in [0.15, 0.2) is 9.84 Å². The van der Waals surface area contributed by atoms with Crippen LogP contribution in [0.1, 0.15) is 39.9 Å². The van der Waals surface area contributed by atoms with E-state index in [2.05, 4.69) is 15.3 Å². The number of thiophene rings is 1. The summed E-state index contributed by atoms with van der Waals surface area (Å²) in [6.45, 7) is 1.00. The second-order valence-corrected chi connectivity index (χ2v) is 13.3. The number of aromatic carboxylic acids is 1. The first-order valence-electron chi connectivity index (χ1n) is 13.2. The lowest BCUT2D eigenvalue weighted by Gasteiger charge is -2.34. The first-order valence-corrected chi connectivity index (χ1v) is 15.9. The van der Waals surface area contributed by atoms with Gasteiger partial charge in [0.1, 0.15) is 21.6 Å². The number of aromatic nitrogens is 2. The Morgan fingerprint density at radius 3 is 2.51 bits per heavy atom. The van der Waals surface area contributed by atoms with E-state index in [0.717, 1.165) is 12.3 Å². The van der Waals surface area contributed by atoms with E-state index in [4.69, 9.17) is 5.73 Å². The van der Waals surface area contributed by atoms with Crippen LogP contribution in [0.2, 0.25) is 0 Å². The van der Waals surface area contributed by atoms with Crippen LogP contribution in [0.15, 0.2) is 53.6 Å². The fourth-order valence-corrected chi connectivity index (χ4v) is 6.65. The van der Waals surface area contributed by atoms with Crippen LogP contribution in [0, 0.1) is 0 Å². The molecule has 0 saturated carbocycles. The zero-order valence-corrected chi connectivity index (χ0v) is 24.4. The lowest BCUT2D eigenvalue weighted by Crippen LogP contribution is -2.44. The summed E-state index contributed by atoms with van der Waals surface area (Å²) in [4.78, 5) is 21.6. The van der Waals surface area contributed by atoms with E-state index in [1.165, 1.54) is 6.07 Å². The van der Waals surface area contributed by atoms with Gasteiger partial charge in [-0.25, -0.2) is 18.2 Å². The summed E-state index contributed by atoms with van der Waals surface area (Å²) in [5.41, 5.74) is 6.12. The van der Waals surface area contributed by atoms with E-state index >= 15 is 0 Å². The summed E-state index contributed by atoms with van der Waals surface area (Å²) >= 11 is 0.619. The second kappa shape index (κ2) is 11.7. The van der Waals surface area contributed by atoms with Gasteiger partial charge in [-0.05, 0) is 42.7 Å². The normalized spacial score (nSPS) is 15.6. The van der Waals surface area contributed by atoms with Crippen LogP contribution in [-0.4, -0.2) is 66.5 Å². The first kappa shape index (κ1) is 30.7. The number of aliphatic hydroxyl groups is 1. The van der Waals surface area contributed by atoms with E-state index in [1.54, 1.807) is 41.4 Å². The third kappa shape index (κ3) is 6.59. The zero-order valence-electron chi connectivity index (χ0n) is 22.8. The highest BCUT2D eigenvalue weighted by atomic mass is 32.2. The maximum Gasteiger partial charge on any atom is 0.417 e. The van der Waals surface area contributed by atoms with Crippen molar-refractivity contribution in [3.05, 3.63) is 64.8 Å². The molecule has 1 fully saturated rings. The molecule has 1 unspecified atom stereocenters. The van der Waals surface area contributed by atoms with E-state index in [1.807, 2.05) is 0 Å². The van der Waals surface area contributed by atoms with Crippen LogP contribution in [0.4, 0.5) is 24.7 Å². The second-order valence-electron chi connectivity index (χ2n) is 10.3. The van der Waals surface area contributed by atoms with E-state index in [0.29, 0.717) is 54.1 Å². The number of hydrogen-bond donors (Lipinski definition) is 4. The lowest BCUT2D eigenvalue weighted by molar-refractivity contribution is -0.136. The standard InChI is InChI=1S/C28H28F3N5O5S2/c1-43(40,41)18-4-2-3-15(11-18)16-5-6-20(34-13-16)21(37)14-33-17-7-9-36(10-8-17)22-12-19(28(29,30)31)23-24(32)25(27(38)39)42-26(23)35-22/h2-6,11-13,17,21,33,37H,7-10,14,32H2,1H3,(H,38,39). The molecule has 0 spiro atoms. The van der Waals surface area contributed by atoms with Crippen molar-refractivity contribution < 1.29 is 36.6 Å². The van der Waals surface area contributed by atoms with Crippen molar-refractivity contribution in [2.45, 2.75) is 36.1 Å². The van der Waals surface area contributed by atoms with Crippen LogP contribution >= 0.6 is 11.3 Å². The monoisotopic (exact) mass is 635 g/mol. The highest BCUT2D eigenvalue weighted by Gasteiger charge is 2.37.